The summed E-state index contributed by atoms with van der Waals surface area (Å²) >= 11 is 12.8. The van der Waals surface area contributed by atoms with Crippen molar-refractivity contribution >= 4 is 58.1 Å². The average molecular weight is 596 g/mol. The first-order valence-corrected chi connectivity index (χ1v) is 16.1. The van der Waals surface area contributed by atoms with Gasteiger partial charge in [0.25, 0.3) is 5.91 Å². The lowest BCUT2D eigenvalue weighted by Gasteiger charge is -2.18. The highest BCUT2D eigenvalue weighted by molar-refractivity contribution is 7.90. The Bertz CT molecular complexity index is 1420. The fraction of sp³-hybridized carbons (Fsp3) is 0.259. The lowest BCUT2D eigenvalue weighted by molar-refractivity contribution is -0.139. The number of aromatic hydroxyl groups is 1. The lowest BCUT2D eigenvalue weighted by Crippen LogP contribution is -2.42. The van der Waals surface area contributed by atoms with Crippen LogP contribution in [-0.4, -0.2) is 55.1 Å². The number of aliphatic carboxylic acids is 1. The number of carbonyl (C=O) groups is 2. The van der Waals surface area contributed by atoms with E-state index in [-0.39, 0.29) is 32.7 Å². The van der Waals surface area contributed by atoms with Gasteiger partial charge in [0.05, 0.1) is 20.5 Å². The highest BCUT2D eigenvalue weighted by Crippen LogP contribution is 2.36. The number of amides is 1. The monoisotopic (exact) mass is 595 g/mol. The number of hydrogen-bond donors (Lipinski definition) is 3. The van der Waals surface area contributed by atoms with Crippen LogP contribution in [0.2, 0.25) is 10.0 Å². The first-order valence-electron chi connectivity index (χ1n) is 11.7. The van der Waals surface area contributed by atoms with Gasteiger partial charge < -0.3 is 15.5 Å². The lowest BCUT2D eigenvalue weighted by atomic mass is 10.0. The molecule has 7 nitrogen and oxygen atoms in total. The van der Waals surface area contributed by atoms with Crippen molar-refractivity contribution in [2.75, 3.05) is 18.6 Å². The number of rotatable bonds is 11. The maximum absolute atomic E-state index is 13.0. The van der Waals surface area contributed by atoms with Crippen molar-refractivity contribution in [1.82, 2.24) is 5.32 Å². The molecule has 0 aromatic heterocycles. The topological polar surface area (TPSA) is 121 Å². The van der Waals surface area contributed by atoms with E-state index in [2.05, 4.69) is 12.2 Å². The Balaban J connectivity index is 1.74. The summed E-state index contributed by atoms with van der Waals surface area (Å²) in [5.41, 5.74) is 1.25. The third kappa shape index (κ3) is 7.93. The molecule has 0 bridgehead atoms. The molecule has 3 rings (SSSR count). The van der Waals surface area contributed by atoms with Crippen LogP contribution in [0.25, 0.3) is 0 Å². The molecule has 1 amide bonds. The largest absolute Gasteiger partial charge is 0.508 e. The fourth-order valence-electron chi connectivity index (χ4n) is 3.98. The van der Waals surface area contributed by atoms with Crippen molar-refractivity contribution in [2.45, 2.75) is 30.7 Å². The van der Waals surface area contributed by atoms with Gasteiger partial charge in [0.1, 0.15) is 11.8 Å². The van der Waals surface area contributed by atoms with Gasteiger partial charge in [0, 0.05) is 12.7 Å². The van der Waals surface area contributed by atoms with Crippen molar-refractivity contribution in [2.24, 2.45) is 0 Å². The van der Waals surface area contributed by atoms with E-state index in [1.165, 1.54) is 18.2 Å². The maximum atomic E-state index is 13.0. The Morgan fingerprint density at radius 2 is 1.66 bits per heavy atom. The van der Waals surface area contributed by atoms with Gasteiger partial charge in [-0.2, -0.15) is 0 Å². The number of carbonyl (C=O) groups excluding carboxylic acids is 1. The summed E-state index contributed by atoms with van der Waals surface area (Å²) in [4.78, 5) is 24.9. The number of hydrogen-bond acceptors (Lipinski definition) is 5. The van der Waals surface area contributed by atoms with Gasteiger partial charge in [-0.15, -0.1) is 0 Å². The normalized spacial score (nSPS) is 13.1. The Labute approximate surface area is 233 Å². The zero-order chi connectivity index (χ0) is 28.0. The van der Waals surface area contributed by atoms with Crippen molar-refractivity contribution in [3.05, 3.63) is 87.4 Å². The molecule has 11 heteroatoms. The highest BCUT2D eigenvalue weighted by atomic mass is 35.5. The molecule has 0 saturated carbocycles. The predicted molar refractivity (Wildman–Crippen MR) is 152 cm³/mol. The zero-order valence-electron chi connectivity index (χ0n) is 20.8. The second-order valence-corrected chi connectivity index (χ2v) is 14.3. The number of sulfone groups is 1. The van der Waals surface area contributed by atoms with Gasteiger partial charge in [-0.3, -0.25) is 4.79 Å². The third-order valence-electron chi connectivity index (χ3n) is 5.95. The predicted octanol–water partition coefficient (Wildman–Crippen LogP) is 4.90. The Morgan fingerprint density at radius 3 is 2.24 bits per heavy atom. The van der Waals surface area contributed by atoms with Crippen molar-refractivity contribution in [3.63, 3.8) is 0 Å². The van der Waals surface area contributed by atoms with E-state index in [4.69, 9.17) is 23.2 Å². The van der Waals surface area contributed by atoms with Crippen LogP contribution in [0, 0.1) is 0 Å². The number of carboxylic acid groups (broad SMARTS) is 1. The second kappa shape index (κ2) is 12.9. The number of nitrogens with one attached hydrogen (secondary N) is 1. The average Bonchev–Trinajstić information content (AvgIpc) is 2.83. The van der Waals surface area contributed by atoms with E-state index in [0.717, 1.165) is 29.4 Å². The summed E-state index contributed by atoms with van der Waals surface area (Å²) in [6.07, 6.45) is 3.36. The van der Waals surface area contributed by atoms with Gasteiger partial charge in [-0.1, -0.05) is 62.3 Å². The van der Waals surface area contributed by atoms with Crippen LogP contribution in [0.1, 0.15) is 28.4 Å². The summed E-state index contributed by atoms with van der Waals surface area (Å²) in [6.45, 7) is 2.10. The first-order chi connectivity index (χ1) is 17.9. The van der Waals surface area contributed by atoms with Crippen LogP contribution < -0.4 is 10.6 Å². The molecule has 0 spiro atoms. The van der Waals surface area contributed by atoms with Gasteiger partial charge in [0.15, 0.2) is 9.84 Å². The number of halogens is 2. The first kappa shape index (κ1) is 29.9. The van der Waals surface area contributed by atoms with Crippen molar-refractivity contribution < 1.29 is 28.2 Å². The molecular weight excluding hydrogens is 568 g/mol. The molecule has 0 heterocycles. The van der Waals surface area contributed by atoms with E-state index in [1.54, 1.807) is 30.3 Å². The zero-order valence-corrected chi connectivity index (χ0v) is 24.0. The standard InChI is InChI=1S/C27H28Cl2NO6PS/c1-3-37(20-8-5-7-19(31)16-20)11-10-18-13-22(28)25(23(29)14-18)26(32)30-24(27(33)34)15-17-6-4-9-21(12-17)38(2,35)36/h4-9,12-14,16,24,31H,3,10-11,15H2,1-2H3,(H,30,32)(H,33,34). The number of phenolic OH excluding ortho intramolecular Hbond substituents is 1. The minimum absolute atomic E-state index is 0.0287. The van der Waals surface area contributed by atoms with E-state index in [9.17, 15) is 28.2 Å². The molecule has 0 fully saturated rings. The van der Waals surface area contributed by atoms with E-state index in [0.29, 0.717) is 12.0 Å². The van der Waals surface area contributed by atoms with Crippen LogP contribution in [-0.2, 0) is 27.5 Å². The minimum Gasteiger partial charge on any atom is -0.508 e. The van der Waals surface area contributed by atoms with Crippen LogP contribution in [0.4, 0.5) is 0 Å². The number of phenols is 1. The van der Waals surface area contributed by atoms with Crippen molar-refractivity contribution in [3.8, 4) is 5.75 Å². The number of carboxylic acids is 1. The number of aryl methyl sites for hydroxylation is 1. The molecular formula is C27H28Cl2NO6PS. The molecule has 0 aliphatic carbocycles. The van der Waals surface area contributed by atoms with Gasteiger partial charge in [-0.05, 0) is 71.6 Å². The van der Waals surface area contributed by atoms with Crippen LogP contribution >= 0.6 is 31.1 Å². The molecule has 202 valence electrons. The molecule has 3 N–H and O–H groups in total. The van der Waals surface area contributed by atoms with E-state index in [1.807, 2.05) is 12.1 Å². The third-order valence-corrected chi connectivity index (χ3v) is 10.2. The van der Waals surface area contributed by atoms with Gasteiger partial charge in [0.2, 0.25) is 0 Å². The summed E-state index contributed by atoms with van der Waals surface area (Å²) < 4.78 is 23.7. The maximum Gasteiger partial charge on any atom is 0.326 e. The van der Waals surface area contributed by atoms with Gasteiger partial charge >= 0.3 is 5.97 Å². The molecule has 0 radical (unpaired) electrons. The highest BCUT2D eigenvalue weighted by Gasteiger charge is 2.25. The minimum atomic E-state index is -3.47. The number of benzene rings is 3. The van der Waals surface area contributed by atoms with Crippen LogP contribution in [0.15, 0.2) is 65.6 Å². The van der Waals surface area contributed by atoms with Gasteiger partial charge in [-0.25, -0.2) is 13.2 Å². The molecule has 38 heavy (non-hydrogen) atoms. The molecule has 2 unspecified atom stereocenters. The van der Waals surface area contributed by atoms with Crippen LogP contribution in [0.3, 0.4) is 0 Å². The second-order valence-electron chi connectivity index (χ2n) is 8.77. The summed E-state index contributed by atoms with van der Waals surface area (Å²) in [5, 5.41) is 23.2. The smallest absolute Gasteiger partial charge is 0.326 e. The molecule has 3 aromatic carbocycles. The molecule has 0 aliphatic heterocycles. The quantitative estimate of drug-likeness (QED) is 0.271. The van der Waals surface area contributed by atoms with E-state index >= 15 is 0 Å². The summed E-state index contributed by atoms with van der Waals surface area (Å²) in [5.74, 6) is -1.80. The van der Waals surface area contributed by atoms with Crippen molar-refractivity contribution in [1.29, 1.82) is 0 Å². The molecule has 2 atom stereocenters. The Kier molecular flexibility index (Phi) is 10.2. The fourth-order valence-corrected chi connectivity index (χ4v) is 7.45. The SMILES string of the molecule is CCP(CCc1cc(Cl)c(C(=O)NC(Cc2cccc(S(C)(=O)=O)c2)C(=O)O)c(Cl)c1)c1cccc(O)c1. The molecule has 0 aliphatic rings. The van der Waals surface area contributed by atoms with E-state index < -0.39 is 35.7 Å². The molecule has 3 aromatic rings. The molecule has 0 saturated heterocycles. The van der Waals surface area contributed by atoms with Crippen LogP contribution in [0.5, 0.6) is 5.75 Å². The Hall–Kier alpha value is -2.64. The Morgan fingerprint density at radius 1 is 1.00 bits per heavy atom. The summed E-state index contributed by atoms with van der Waals surface area (Å²) in [7, 11) is -3.99. The summed E-state index contributed by atoms with van der Waals surface area (Å²) in [6, 6.07) is 15.1.